The number of aromatic amines is 1. The van der Waals surface area contributed by atoms with E-state index in [1.165, 1.54) is 35.3 Å². The molecule has 0 radical (unpaired) electrons. The molecular weight excluding hydrogens is 401 g/mol. The SMILES string of the molecule is CC(C)NC(=O)c1c[nH]c2ncc(-c3nn(C)c4ccc(OC(F)(F)F)cc34)nc12. The summed E-state index contributed by atoms with van der Waals surface area (Å²) in [5, 5.41) is 7.58. The van der Waals surface area contributed by atoms with Gasteiger partial charge in [0.25, 0.3) is 5.91 Å². The standard InChI is InChI=1S/C19H17F3N6O2/c1-9(2)25-18(29)12-7-23-17-16(12)26-13(8-24-17)15-11-6-10(30-19(20,21)22)4-5-14(11)28(3)27-15/h4-9H,1-3H3,(H,23,24)(H,25,29). The van der Waals surface area contributed by atoms with Crippen molar-refractivity contribution in [1.82, 2.24) is 30.0 Å². The van der Waals surface area contributed by atoms with E-state index in [9.17, 15) is 18.0 Å². The maximum atomic E-state index is 12.6. The van der Waals surface area contributed by atoms with E-state index in [0.29, 0.717) is 39.0 Å². The average Bonchev–Trinajstić information content (AvgIpc) is 3.20. The third-order valence-corrected chi connectivity index (χ3v) is 4.34. The zero-order chi connectivity index (χ0) is 21.6. The Kier molecular flexibility index (Phi) is 4.60. The van der Waals surface area contributed by atoms with Crippen molar-refractivity contribution in [2.75, 3.05) is 0 Å². The highest BCUT2D eigenvalue weighted by molar-refractivity contribution is 6.05. The molecule has 0 aliphatic rings. The van der Waals surface area contributed by atoms with E-state index >= 15 is 0 Å². The summed E-state index contributed by atoms with van der Waals surface area (Å²) in [6.45, 7) is 3.68. The highest BCUT2D eigenvalue weighted by Gasteiger charge is 2.31. The van der Waals surface area contributed by atoms with Crippen LogP contribution in [0.4, 0.5) is 13.2 Å². The van der Waals surface area contributed by atoms with Gasteiger partial charge in [-0.2, -0.15) is 5.10 Å². The zero-order valence-corrected chi connectivity index (χ0v) is 16.2. The van der Waals surface area contributed by atoms with Gasteiger partial charge in [0.05, 0.1) is 17.3 Å². The van der Waals surface area contributed by atoms with Crippen molar-refractivity contribution in [3.63, 3.8) is 0 Å². The van der Waals surface area contributed by atoms with E-state index in [2.05, 4.69) is 30.1 Å². The minimum Gasteiger partial charge on any atom is -0.406 e. The lowest BCUT2D eigenvalue weighted by Crippen LogP contribution is -2.29. The number of fused-ring (bicyclic) bond motifs is 2. The summed E-state index contributed by atoms with van der Waals surface area (Å²) in [5.41, 5.74) is 2.30. The van der Waals surface area contributed by atoms with Gasteiger partial charge in [-0.05, 0) is 32.0 Å². The maximum absolute atomic E-state index is 12.6. The van der Waals surface area contributed by atoms with Gasteiger partial charge in [0.15, 0.2) is 5.65 Å². The second-order valence-corrected chi connectivity index (χ2v) is 6.98. The lowest BCUT2D eigenvalue weighted by atomic mass is 10.1. The fourth-order valence-electron chi connectivity index (χ4n) is 3.15. The minimum atomic E-state index is -4.81. The molecule has 1 amide bonds. The molecule has 4 aromatic rings. The van der Waals surface area contributed by atoms with Gasteiger partial charge in [-0.15, -0.1) is 13.2 Å². The second kappa shape index (κ2) is 7.01. The van der Waals surface area contributed by atoms with Gasteiger partial charge >= 0.3 is 6.36 Å². The van der Waals surface area contributed by atoms with Crippen molar-refractivity contribution in [3.05, 3.63) is 36.2 Å². The van der Waals surface area contributed by atoms with Crippen LogP contribution >= 0.6 is 0 Å². The molecule has 0 saturated carbocycles. The Bertz CT molecular complexity index is 1260. The number of nitrogens with zero attached hydrogens (tertiary/aromatic N) is 4. The molecule has 0 unspecified atom stereocenters. The fraction of sp³-hybridized carbons (Fsp3) is 0.263. The number of H-pyrrole nitrogens is 1. The summed E-state index contributed by atoms with van der Waals surface area (Å²) >= 11 is 0. The van der Waals surface area contributed by atoms with E-state index < -0.39 is 6.36 Å². The first kappa shape index (κ1) is 19.7. The predicted octanol–water partition coefficient (Wildman–Crippen LogP) is 3.55. The van der Waals surface area contributed by atoms with E-state index in [0.717, 1.165) is 0 Å². The molecule has 2 N–H and O–H groups in total. The molecule has 156 valence electrons. The van der Waals surface area contributed by atoms with Gasteiger partial charge in [-0.3, -0.25) is 9.48 Å². The molecule has 11 heteroatoms. The number of amides is 1. The van der Waals surface area contributed by atoms with E-state index in [1.54, 1.807) is 7.05 Å². The van der Waals surface area contributed by atoms with Crippen molar-refractivity contribution in [2.24, 2.45) is 7.05 Å². The normalized spacial score (nSPS) is 12.1. The monoisotopic (exact) mass is 418 g/mol. The largest absolute Gasteiger partial charge is 0.573 e. The van der Waals surface area contributed by atoms with Gasteiger partial charge in [0.1, 0.15) is 22.7 Å². The van der Waals surface area contributed by atoms with Crippen molar-refractivity contribution >= 4 is 28.0 Å². The molecule has 1 aromatic carbocycles. The molecule has 4 rings (SSSR count). The van der Waals surface area contributed by atoms with Crippen molar-refractivity contribution in [3.8, 4) is 17.1 Å². The van der Waals surface area contributed by atoms with Crippen LogP contribution in [0, 0.1) is 0 Å². The Labute approximate surface area is 168 Å². The molecule has 3 heterocycles. The van der Waals surface area contributed by atoms with Crippen molar-refractivity contribution < 1.29 is 22.7 Å². The van der Waals surface area contributed by atoms with Crippen LogP contribution in [-0.4, -0.2) is 43.0 Å². The van der Waals surface area contributed by atoms with Crippen LogP contribution in [-0.2, 0) is 7.05 Å². The van der Waals surface area contributed by atoms with Gasteiger partial charge < -0.3 is 15.0 Å². The second-order valence-electron chi connectivity index (χ2n) is 6.98. The molecule has 8 nitrogen and oxygen atoms in total. The Hall–Kier alpha value is -3.63. The predicted molar refractivity (Wildman–Crippen MR) is 103 cm³/mol. The Morgan fingerprint density at radius 1 is 1.30 bits per heavy atom. The highest BCUT2D eigenvalue weighted by atomic mass is 19.4. The summed E-state index contributed by atoms with van der Waals surface area (Å²) in [5.74, 6) is -0.675. The number of aryl methyl sites for hydroxylation is 1. The number of carbonyl (C=O) groups excluding carboxylic acids is 1. The number of aromatic nitrogens is 5. The highest BCUT2D eigenvalue weighted by Crippen LogP contribution is 2.32. The Morgan fingerprint density at radius 3 is 2.77 bits per heavy atom. The molecule has 0 aliphatic carbocycles. The first-order valence-corrected chi connectivity index (χ1v) is 9.00. The first-order valence-electron chi connectivity index (χ1n) is 9.00. The number of hydrogen-bond acceptors (Lipinski definition) is 5. The molecule has 0 bridgehead atoms. The Morgan fingerprint density at radius 2 is 2.07 bits per heavy atom. The van der Waals surface area contributed by atoms with Crippen molar-refractivity contribution in [1.29, 1.82) is 0 Å². The summed E-state index contributed by atoms with van der Waals surface area (Å²) in [6.07, 6.45) is -1.85. The van der Waals surface area contributed by atoms with E-state index in [-0.39, 0.29) is 17.7 Å². The summed E-state index contributed by atoms with van der Waals surface area (Å²) < 4.78 is 43.4. The quantitative estimate of drug-likeness (QED) is 0.528. The van der Waals surface area contributed by atoms with Gasteiger partial charge in [-0.1, -0.05) is 0 Å². The molecule has 0 spiro atoms. The molecule has 0 saturated heterocycles. The van der Waals surface area contributed by atoms with Crippen LogP contribution in [0.25, 0.3) is 33.5 Å². The zero-order valence-electron chi connectivity index (χ0n) is 16.2. The maximum Gasteiger partial charge on any atom is 0.573 e. The van der Waals surface area contributed by atoms with E-state index in [4.69, 9.17) is 0 Å². The van der Waals surface area contributed by atoms with Gasteiger partial charge in [0, 0.05) is 24.7 Å². The molecule has 3 aromatic heterocycles. The molecule has 0 fully saturated rings. The third kappa shape index (κ3) is 3.65. The topological polar surface area (TPSA) is 97.7 Å². The summed E-state index contributed by atoms with van der Waals surface area (Å²) in [6, 6.07) is 3.89. The molecular formula is C19H17F3N6O2. The number of ether oxygens (including phenoxy) is 1. The van der Waals surface area contributed by atoms with Crippen LogP contribution in [0.5, 0.6) is 5.75 Å². The summed E-state index contributed by atoms with van der Waals surface area (Å²) in [7, 11) is 1.67. The minimum absolute atomic E-state index is 0.0645. The van der Waals surface area contributed by atoms with Crippen molar-refractivity contribution in [2.45, 2.75) is 26.3 Å². The Balaban J connectivity index is 1.83. The molecule has 30 heavy (non-hydrogen) atoms. The van der Waals surface area contributed by atoms with Gasteiger partial charge in [-0.25, -0.2) is 9.97 Å². The average molecular weight is 418 g/mol. The van der Waals surface area contributed by atoms with E-state index in [1.807, 2.05) is 13.8 Å². The number of rotatable bonds is 4. The van der Waals surface area contributed by atoms with Crippen LogP contribution in [0.2, 0.25) is 0 Å². The van der Waals surface area contributed by atoms with Crippen LogP contribution in [0.1, 0.15) is 24.2 Å². The number of halogens is 3. The van der Waals surface area contributed by atoms with Crippen LogP contribution < -0.4 is 10.1 Å². The van der Waals surface area contributed by atoms with Gasteiger partial charge in [0.2, 0.25) is 0 Å². The van der Waals surface area contributed by atoms with Crippen LogP contribution in [0.3, 0.4) is 0 Å². The van der Waals surface area contributed by atoms with Crippen LogP contribution in [0.15, 0.2) is 30.6 Å². The molecule has 0 atom stereocenters. The lowest BCUT2D eigenvalue weighted by Gasteiger charge is -2.08. The first-order chi connectivity index (χ1) is 14.1. The number of alkyl halides is 3. The lowest BCUT2D eigenvalue weighted by molar-refractivity contribution is -0.274. The number of nitrogens with one attached hydrogen (secondary N) is 2. The fourth-order valence-corrected chi connectivity index (χ4v) is 3.15. The smallest absolute Gasteiger partial charge is 0.406 e. The number of benzene rings is 1. The summed E-state index contributed by atoms with van der Waals surface area (Å²) in [4.78, 5) is 24.1. The molecule has 0 aliphatic heterocycles. The number of hydrogen-bond donors (Lipinski definition) is 2. The number of carbonyl (C=O) groups is 1. The third-order valence-electron chi connectivity index (χ3n) is 4.34.